The van der Waals surface area contributed by atoms with E-state index in [1.807, 2.05) is 19.2 Å². The molecule has 1 heterocycles. The molecule has 1 aromatic heterocycles. The Bertz CT molecular complexity index is 1780. The summed E-state index contributed by atoms with van der Waals surface area (Å²) in [5.74, 6) is -5.22. The minimum absolute atomic E-state index is 0.143. The third-order valence-electron chi connectivity index (χ3n) is 6.34. The molecule has 222 valence electrons. The van der Waals surface area contributed by atoms with Gasteiger partial charge in [-0.3, -0.25) is 13.9 Å². The van der Waals surface area contributed by atoms with Crippen molar-refractivity contribution in [3.63, 3.8) is 0 Å². The summed E-state index contributed by atoms with van der Waals surface area (Å²) in [6.07, 6.45) is 1.58. The number of halogens is 6. The van der Waals surface area contributed by atoms with Crippen molar-refractivity contribution in [3.05, 3.63) is 110 Å². The fourth-order valence-electron chi connectivity index (χ4n) is 4.05. The maximum absolute atomic E-state index is 14.9. The van der Waals surface area contributed by atoms with Gasteiger partial charge >= 0.3 is 0 Å². The van der Waals surface area contributed by atoms with E-state index in [1.54, 1.807) is 29.0 Å². The van der Waals surface area contributed by atoms with Gasteiger partial charge in [-0.05, 0) is 48.0 Å². The molecule has 0 saturated carbocycles. The number of imidazole rings is 1. The Hall–Kier alpha value is -2.74. The highest BCUT2D eigenvalue weighted by atomic mass is 35.5. The molecule has 0 fully saturated rings. The predicted molar refractivity (Wildman–Crippen MR) is 157 cm³/mol. The van der Waals surface area contributed by atoms with Gasteiger partial charge in [0.15, 0.2) is 5.16 Å². The molecule has 0 unspecified atom stereocenters. The molecule has 15 heteroatoms. The average Bonchev–Trinajstić information content (AvgIpc) is 3.34. The Labute approximate surface area is 258 Å². The maximum Gasteiger partial charge on any atom is 0.283 e. The molecule has 0 saturated heterocycles. The number of nitrogens with one attached hydrogen (secondary N) is 1. The Balaban J connectivity index is 1.71. The maximum atomic E-state index is 14.9. The molecule has 0 aliphatic carbocycles. The van der Waals surface area contributed by atoms with Crippen LogP contribution in [0.3, 0.4) is 0 Å². The molecule has 0 radical (unpaired) electrons. The average molecular weight is 679 g/mol. The number of benzene rings is 3. The zero-order chi connectivity index (χ0) is 31.0. The first-order valence-corrected chi connectivity index (χ1v) is 15.6. The van der Waals surface area contributed by atoms with Gasteiger partial charge < -0.3 is 5.32 Å². The lowest BCUT2D eigenvalue weighted by atomic mass is 9.81. The molecular formula is C27H21Cl3F3N3O4S2. The second-order valence-corrected chi connectivity index (χ2v) is 13.2. The minimum Gasteiger partial charge on any atom is -0.336 e. The normalized spacial score (nSPS) is 12.0. The molecule has 4 aromatic rings. The molecule has 0 atom stereocenters. The zero-order valence-electron chi connectivity index (χ0n) is 21.8. The number of carbonyl (C=O) groups is 1. The van der Waals surface area contributed by atoms with Gasteiger partial charge in [0.1, 0.15) is 23.3 Å². The number of hydrogen-bond donors (Lipinski definition) is 2. The first-order valence-electron chi connectivity index (χ1n) is 11.9. The van der Waals surface area contributed by atoms with Crippen LogP contribution >= 0.6 is 46.6 Å². The van der Waals surface area contributed by atoms with Crippen LogP contribution in [-0.2, 0) is 21.3 Å². The van der Waals surface area contributed by atoms with E-state index in [-0.39, 0.29) is 16.3 Å². The molecule has 2 N–H and O–H groups in total. The zero-order valence-corrected chi connectivity index (χ0v) is 25.7. The minimum atomic E-state index is -4.53. The first kappa shape index (κ1) is 32.2. The van der Waals surface area contributed by atoms with Crippen LogP contribution in [0.1, 0.15) is 41.0 Å². The van der Waals surface area contributed by atoms with Gasteiger partial charge in [0.25, 0.3) is 16.0 Å². The topological polar surface area (TPSA) is 101 Å². The summed E-state index contributed by atoms with van der Waals surface area (Å²) in [6.45, 7) is 3.82. The standard InChI is InChI=1S/C27H21Cl3F3N3O4S2/c1-27(2,15-3-5-18(28)19(29)9-15)24-11-34-26(36(24)16-4-6-21(31)20(30)10-16)41-12-17-22(32)7-14(8-23(17)33)25(37)35-13-42(38,39)40/h3-11H,12-13H2,1-2H3,(H,35,37)(H,38,39,40). The number of hydrogen-bond acceptors (Lipinski definition) is 5. The number of thioether (sulfide) groups is 1. The molecule has 0 aliphatic heterocycles. The molecule has 0 bridgehead atoms. The summed E-state index contributed by atoms with van der Waals surface area (Å²) in [4.78, 5) is 16.6. The molecule has 3 aromatic carbocycles. The van der Waals surface area contributed by atoms with Crippen molar-refractivity contribution in [2.75, 3.05) is 5.88 Å². The molecular weight excluding hydrogens is 658 g/mol. The summed E-state index contributed by atoms with van der Waals surface area (Å²) in [7, 11) is -4.53. The first-order chi connectivity index (χ1) is 19.6. The van der Waals surface area contributed by atoms with E-state index in [2.05, 4.69) is 4.98 Å². The molecule has 4 rings (SSSR count). The second kappa shape index (κ2) is 12.5. The highest BCUT2D eigenvalue weighted by Gasteiger charge is 2.30. The highest BCUT2D eigenvalue weighted by Crippen LogP contribution is 2.39. The summed E-state index contributed by atoms with van der Waals surface area (Å²) in [5.41, 5.74) is 0.254. The van der Waals surface area contributed by atoms with Crippen molar-refractivity contribution in [2.45, 2.75) is 30.2 Å². The summed E-state index contributed by atoms with van der Waals surface area (Å²) >= 11 is 19.4. The Morgan fingerprint density at radius 3 is 2.24 bits per heavy atom. The van der Waals surface area contributed by atoms with Crippen LogP contribution in [0.25, 0.3) is 5.69 Å². The summed E-state index contributed by atoms with van der Waals surface area (Å²) < 4.78 is 76.1. The lowest BCUT2D eigenvalue weighted by Gasteiger charge is -2.28. The van der Waals surface area contributed by atoms with Crippen LogP contribution in [-0.4, -0.2) is 34.3 Å². The third kappa shape index (κ3) is 7.07. The van der Waals surface area contributed by atoms with E-state index in [4.69, 9.17) is 39.4 Å². The molecule has 0 aliphatic rings. The van der Waals surface area contributed by atoms with Gasteiger partial charge in [0, 0.05) is 28.0 Å². The highest BCUT2D eigenvalue weighted by molar-refractivity contribution is 7.98. The van der Waals surface area contributed by atoms with Crippen molar-refractivity contribution in [1.29, 1.82) is 0 Å². The lowest BCUT2D eigenvalue weighted by Crippen LogP contribution is -2.29. The Kier molecular flexibility index (Phi) is 9.56. The lowest BCUT2D eigenvalue weighted by molar-refractivity contribution is 0.0958. The summed E-state index contributed by atoms with van der Waals surface area (Å²) in [6, 6.07) is 10.8. The third-order valence-corrected chi connectivity index (χ3v) is 8.85. The van der Waals surface area contributed by atoms with Gasteiger partial charge in [-0.1, -0.05) is 66.5 Å². The van der Waals surface area contributed by atoms with Crippen molar-refractivity contribution < 1.29 is 30.9 Å². The number of amides is 1. The molecule has 1 amide bonds. The Morgan fingerprint density at radius 1 is 0.976 bits per heavy atom. The fourth-order valence-corrected chi connectivity index (χ4v) is 5.85. The van der Waals surface area contributed by atoms with E-state index >= 15 is 0 Å². The molecule has 7 nitrogen and oxygen atoms in total. The van der Waals surface area contributed by atoms with Crippen LogP contribution in [0.2, 0.25) is 15.1 Å². The second-order valence-electron chi connectivity index (χ2n) is 9.55. The SMILES string of the molecule is CC(C)(c1ccc(Cl)c(Cl)c1)c1cnc(SCc2c(F)cc(C(=O)NCS(=O)(=O)O)cc2F)n1-c1ccc(F)c(Cl)c1. The van der Waals surface area contributed by atoms with E-state index in [0.29, 0.717) is 26.6 Å². The van der Waals surface area contributed by atoms with Gasteiger partial charge in [-0.2, -0.15) is 8.42 Å². The number of rotatable bonds is 9. The van der Waals surface area contributed by atoms with Crippen LogP contribution in [0.15, 0.2) is 59.9 Å². The van der Waals surface area contributed by atoms with Crippen molar-refractivity contribution in [3.8, 4) is 5.69 Å². The number of aromatic nitrogens is 2. The van der Waals surface area contributed by atoms with Gasteiger partial charge in [0.2, 0.25) is 0 Å². The number of nitrogens with zero attached hydrogens (tertiary/aromatic N) is 2. The van der Waals surface area contributed by atoms with Gasteiger partial charge in [-0.25, -0.2) is 18.2 Å². The van der Waals surface area contributed by atoms with Crippen molar-refractivity contribution >= 4 is 62.6 Å². The van der Waals surface area contributed by atoms with Crippen LogP contribution in [0, 0.1) is 17.5 Å². The fraction of sp³-hybridized carbons (Fsp3) is 0.185. The van der Waals surface area contributed by atoms with Crippen LogP contribution in [0.5, 0.6) is 0 Å². The van der Waals surface area contributed by atoms with E-state index in [1.165, 1.54) is 18.2 Å². The smallest absolute Gasteiger partial charge is 0.283 e. The monoisotopic (exact) mass is 677 g/mol. The summed E-state index contributed by atoms with van der Waals surface area (Å²) in [5, 5.41) is 2.73. The van der Waals surface area contributed by atoms with Crippen molar-refractivity contribution in [1.82, 2.24) is 14.9 Å². The van der Waals surface area contributed by atoms with Gasteiger partial charge in [-0.15, -0.1) is 0 Å². The Morgan fingerprint density at radius 2 is 1.64 bits per heavy atom. The molecule has 42 heavy (non-hydrogen) atoms. The molecule has 0 spiro atoms. The quantitative estimate of drug-likeness (QED) is 0.141. The van der Waals surface area contributed by atoms with Crippen LogP contribution < -0.4 is 5.32 Å². The van der Waals surface area contributed by atoms with E-state index < -0.39 is 50.3 Å². The predicted octanol–water partition coefficient (Wildman–Crippen LogP) is 7.44. The van der Waals surface area contributed by atoms with E-state index in [0.717, 1.165) is 29.5 Å². The van der Waals surface area contributed by atoms with Crippen LogP contribution in [0.4, 0.5) is 13.2 Å². The number of carbonyl (C=O) groups excluding carboxylic acids is 1. The van der Waals surface area contributed by atoms with Gasteiger partial charge in [0.05, 0.1) is 27.0 Å². The van der Waals surface area contributed by atoms with E-state index in [9.17, 15) is 26.4 Å². The largest absolute Gasteiger partial charge is 0.336 e. The van der Waals surface area contributed by atoms with Crippen molar-refractivity contribution in [2.24, 2.45) is 0 Å².